The fourth-order valence-corrected chi connectivity index (χ4v) is 6.07. The van der Waals surface area contributed by atoms with Crippen LogP contribution in [0.2, 0.25) is 15.1 Å². The summed E-state index contributed by atoms with van der Waals surface area (Å²) in [5.74, 6) is 2.00. The lowest BCUT2D eigenvalue weighted by Crippen LogP contribution is -2.25. The summed E-state index contributed by atoms with van der Waals surface area (Å²) in [6, 6.07) is 13.6. The molecule has 0 N–H and O–H groups in total. The first-order valence-corrected chi connectivity index (χ1v) is 12.8. The van der Waals surface area contributed by atoms with E-state index in [2.05, 4.69) is 6.07 Å². The summed E-state index contributed by atoms with van der Waals surface area (Å²) in [5.41, 5.74) is 4.73. The van der Waals surface area contributed by atoms with Crippen molar-refractivity contribution in [3.8, 4) is 11.3 Å². The van der Waals surface area contributed by atoms with E-state index in [0.29, 0.717) is 28.8 Å². The van der Waals surface area contributed by atoms with Gasteiger partial charge in [-0.25, -0.2) is 0 Å². The Balaban J connectivity index is 1.43. The van der Waals surface area contributed by atoms with Crippen LogP contribution in [0.25, 0.3) is 11.3 Å². The Bertz CT molecular complexity index is 1190. The van der Waals surface area contributed by atoms with Crippen LogP contribution < -0.4 is 0 Å². The van der Waals surface area contributed by atoms with Gasteiger partial charge in [-0.1, -0.05) is 65.8 Å². The average molecular weight is 502 g/mol. The summed E-state index contributed by atoms with van der Waals surface area (Å²) in [4.78, 5) is 13.2. The van der Waals surface area contributed by atoms with Crippen LogP contribution >= 0.6 is 34.8 Å². The number of hydrogen-bond acceptors (Lipinski definition) is 2. The molecule has 0 spiro atoms. The minimum atomic E-state index is 0.186. The molecule has 172 valence electrons. The number of carbonyl (C=O) groups excluding carboxylic acids is 1. The van der Waals surface area contributed by atoms with E-state index in [4.69, 9.17) is 39.9 Å². The molecule has 1 heterocycles. The predicted octanol–water partition coefficient (Wildman–Crippen LogP) is 7.80. The molecule has 2 aliphatic rings. The second kappa shape index (κ2) is 9.44. The number of aryl methyl sites for hydroxylation is 1. The Morgan fingerprint density at radius 3 is 2.39 bits per heavy atom. The van der Waals surface area contributed by atoms with Gasteiger partial charge in [0.1, 0.15) is 5.78 Å². The highest BCUT2D eigenvalue weighted by Crippen LogP contribution is 2.45. The van der Waals surface area contributed by atoms with Gasteiger partial charge in [0.2, 0.25) is 0 Å². The van der Waals surface area contributed by atoms with Crippen molar-refractivity contribution in [2.75, 3.05) is 0 Å². The zero-order chi connectivity index (χ0) is 23.1. The van der Waals surface area contributed by atoms with Crippen molar-refractivity contribution in [2.24, 2.45) is 17.8 Å². The molecule has 2 saturated carbocycles. The van der Waals surface area contributed by atoms with Crippen LogP contribution in [0.4, 0.5) is 0 Å². The normalized spacial score (nSPS) is 22.0. The minimum absolute atomic E-state index is 0.186. The van der Waals surface area contributed by atoms with E-state index in [1.54, 1.807) is 6.07 Å². The van der Waals surface area contributed by atoms with Crippen LogP contribution in [-0.2, 0) is 17.8 Å². The van der Waals surface area contributed by atoms with E-state index < -0.39 is 0 Å². The third-order valence-electron chi connectivity index (χ3n) is 7.31. The molecule has 5 rings (SSSR count). The van der Waals surface area contributed by atoms with E-state index >= 15 is 0 Å². The van der Waals surface area contributed by atoms with Gasteiger partial charge in [0.25, 0.3) is 0 Å². The molecule has 2 aromatic carbocycles. The van der Waals surface area contributed by atoms with Crippen molar-refractivity contribution >= 4 is 40.6 Å². The zero-order valence-corrected chi connectivity index (χ0v) is 20.9. The van der Waals surface area contributed by atoms with Gasteiger partial charge in [-0.15, -0.1) is 0 Å². The second-order valence-corrected chi connectivity index (χ2v) is 11.0. The molecular weight excluding hydrogens is 475 g/mol. The predicted molar refractivity (Wildman–Crippen MR) is 135 cm³/mol. The van der Waals surface area contributed by atoms with Crippen molar-refractivity contribution in [1.82, 2.24) is 9.78 Å². The highest BCUT2D eigenvalue weighted by atomic mass is 35.5. The first-order chi connectivity index (χ1) is 15.9. The van der Waals surface area contributed by atoms with E-state index in [9.17, 15) is 4.79 Å². The summed E-state index contributed by atoms with van der Waals surface area (Å²) in [5, 5.41) is 6.59. The van der Waals surface area contributed by atoms with Crippen molar-refractivity contribution in [2.45, 2.75) is 52.0 Å². The molecule has 2 bridgehead atoms. The lowest BCUT2D eigenvalue weighted by molar-refractivity contribution is -0.123. The van der Waals surface area contributed by atoms with Gasteiger partial charge in [-0.05, 0) is 73.4 Å². The van der Waals surface area contributed by atoms with E-state index in [0.717, 1.165) is 57.8 Å². The molecule has 0 aliphatic heterocycles. The Labute approximate surface area is 210 Å². The Kier molecular flexibility index (Phi) is 6.57. The fourth-order valence-electron chi connectivity index (χ4n) is 5.57. The molecule has 2 atom stereocenters. The Morgan fingerprint density at radius 1 is 0.939 bits per heavy atom. The second-order valence-electron chi connectivity index (χ2n) is 9.75. The maximum atomic E-state index is 13.2. The largest absolute Gasteiger partial charge is 0.299 e. The number of aromatic nitrogens is 2. The van der Waals surface area contributed by atoms with Crippen LogP contribution in [-0.4, -0.2) is 15.6 Å². The number of nitrogens with zero attached hydrogens (tertiary/aromatic N) is 2. The summed E-state index contributed by atoms with van der Waals surface area (Å²) in [7, 11) is 0. The van der Waals surface area contributed by atoms with E-state index in [1.807, 2.05) is 41.9 Å². The number of halogens is 3. The van der Waals surface area contributed by atoms with Crippen LogP contribution in [0.15, 0.2) is 42.5 Å². The molecule has 2 fully saturated rings. The van der Waals surface area contributed by atoms with Crippen LogP contribution in [0.1, 0.15) is 48.9 Å². The molecule has 0 radical (unpaired) electrons. The summed E-state index contributed by atoms with van der Waals surface area (Å²) < 4.78 is 1.94. The van der Waals surface area contributed by atoms with Gasteiger partial charge in [-0.3, -0.25) is 9.48 Å². The van der Waals surface area contributed by atoms with Crippen LogP contribution in [0.5, 0.6) is 0 Å². The highest BCUT2D eigenvalue weighted by molar-refractivity contribution is 6.42. The van der Waals surface area contributed by atoms with Crippen molar-refractivity contribution in [3.63, 3.8) is 0 Å². The SMILES string of the molecule is Cc1ccc(Cn2nc(CC(=O)C3CC4CCC(C4)C3)cc2-c2ccc(Cl)c(Cl)c2)cc1Cl. The van der Waals surface area contributed by atoms with Gasteiger partial charge in [0, 0.05) is 16.5 Å². The number of benzene rings is 2. The van der Waals surface area contributed by atoms with E-state index in [-0.39, 0.29) is 5.92 Å². The molecule has 0 saturated heterocycles. The quantitative estimate of drug-likeness (QED) is 0.345. The highest BCUT2D eigenvalue weighted by Gasteiger charge is 2.37. The van der Waals surface area contributed by atoms with Crippen molar-refractivity contribution < 1.29 is 4.79 Å². The van der Waals surface area contributed by atoms with Crippen molar-refractivity contribution in [1.29, 1.82) is 0 Å². The van der Waals surface area contributed by atoms with Crippen LogP contribution in [0, 0.1) is 24.7 Å². The fraction of sp³-hybridized carbons (Fsp3) is 0.407. The maximum absolute atomic E-state index is 13.2. The third-order valence-corrected chi connectivity index (χ3v) is 8.46. The topological polar surface area (TPSA) is 34.9 Å². The minimum Gasteiger partial charge on any atom is -0.299 e. The van der Waals surface area contributed by atoms with Gasteiger partial charge >= 0.3 is 0 Å². The van der Waals surface area contributed by atoms with Gasteiger partial charge in [0.15, 0.2) is 0 Å². The van der Waals surface area contributed by atoms with E-state index in [1.165, 1.54) is 19.3 Å². The molecule has 0 amide bonds. The summed E-state index contributed by atoms with van der Waals surface area (Å²) >= 11 is 18.8. The Hall–Kier alpha value is -1.81. The monoisotopic (exact) mass is 500 g/mol. The third kappa shape index (κ3) is 5.01. The number of carbonyl (C=O) groups is 1. The van der Waals surface area contributed by atoms with Gasteiger partial charge < -0.3 is 0 Å². The summed E-state index contributed by atoms with van der Waals surface area (Å²) in [6.45, 7) is 2.54. The molecular formula is C27H27Cl3N2O. The maximum Gasteiger partial charge on any atom is 0.141 e. The number of rotatable bonds is 6. The first kappa shape index (κ1) is 23.0. The summed E-state index contributed by atoms with van der Waals surface area (Å²) in [6.07, 6.45) is 6.39. The lowest BCUT2D eigenvalue weighted by atomic mass is 9.78. The molecule has 3 nitrogen and oxygen atoms in total. The number of ketones is 1. The number of fused-ring (bicyclic) bond motifs is 2. The number of hydrogen-bond donors (Lipinski definition) is 0. The molecule has 2 unspecified atom stereocenters. The molecule has 33 heavy (non-hydrogen) atoms. The smallest absolute Gasteiger partial charge is 0.141 e. The number of Topliss-reactive ketones (excluding diaryl/α,β-unsaturated/α-hetero) is 1. The van der Waals surface area contributed by atoms with Gasteiger partial charge in [0.05, 0.1) is 34.4 Å². The lowest BCUT2D eigenvalue weighted by Gasteiger charge is -2.26. The van der Waals surface area contributed by atoms with Gasteiger partial charge in [-0.2, -0.15) is 5.10 Å². The van der Waals surface area contributed by atoms with Crippen LogP contribution in [0.3, 0.4) is 0 Å². The van der Waals surface area contributed by atoms with Crippen molar-refractivity contribution in [3.05, 3.63) is 74.4 Å². The Morgan fingerprint density at radius 2 is 1.70 bits per heavy atom. The average Bonchev–Trinajstić information content (AvgIpc) is 3.34. The molecule has 2 aliphatic carbocycles. The standard InChI is InChI=1S/C27H27Cl3N2O/c1-16-2-3-19(11-24(16)29)15-32-26(20-6-7-23(28)25(30)12-20)13-22(31-32)14-27(33)21-9-17-4-5-18(8-17)10-21/h2-3,6-7,11-13,17-18,21H,4-5,8-10,14-15H2,1H3. The zero-order valence-electron chi connectivity index (χ0n) is 18.7. The first-order valence-electron chi connectivity index (χ1n) is 11.7. The molecule has 3 aromatic rings. The molecule has 1 aromatic heterocycles. The molecule has 6 heteroatoms.